The van der Waals surface area contributed by atoms with Crippen LogP contribution in [0.3, 0.4) is 0 Å². The number of benzene rings is 1. The van der Waals surface area contributed by atoms with Crippen molar-refractivity contribution < 1.29 is 9.53 Å². The van der Waals surface area contributed by atoms with Crippen molar-refractivity contribution in [1.82, 2.24) is 14.7 Å². The maximum Gasteiger partial charge on any atom is 0.271 e. The zero-order chi connectivity index (χ0) is 18.8. The predicted octanol–water partition coefficient (Wildman–Crippen LogP) is 2.97. The highest BCUT2D eigenvalue weighted by atomic mass is 16.5. The number of ether oxygens (including phenoxy) is 1. The molecule has 1 aromatic carbocycles. The summed E-state index contributed by atoms with van der Waals surface area (Å²) in [5.74, 6) is -0.166. The zero-order valence-corrected chi connectivity index (χ0v) is 15.7. The number of aromatic nitrogens is 2. The van der Waals surface area contributed by atoms with Crippen molar-refractivity contribution in [2.45, 2.75) is 19.9 Å². The largest absolute Gasteiger partial charge is 0.378 e. The number of rotatable bonds is 4. The molecule has 0 aliphatic carbocycles. The molecule has 6 heteroatoms. The van der Waals surface area contributed by atoms with Crippen molar-refractivity contribution in [3.05, 3.63) is 65.6 Å². The standard InChI is InChI=1S/C21H24N4O2/c1-15-7-8-25-14-19(23-20(25)13-15)21(26)22-16(2)17-3-5-18(6-4-17)24-9-11-27-12-10-24/h3-8,13-14,16H,9-12H2,1-2H3,(H,22,26). The number of nitrogens with zero attached hydrogens (tertiary/aromatic N) is 3. The van der Waals surface area contributed by atoms with Crippen LogP contribution in [-0.4, -0.2) is 41.6 Å². The van der Waals surface area contributed by atoms with Crippen LogP contribution in [0.15, 0.2) is 48.8 Å². The fraction of sp³-hybridized carbons (Fsp3) is 0.333. The Morgan fingerprint density at radius 2 is 1.93 bits per heavy atom. The van der Waals surface area contributed by atoms with E-state index in [2.05, 4.69) is 39.5 Å². The van der Waals surface area contributed by atoms with Crippen molar-refractivity contribution in [2.24, 2.45) is 0 Å². The fourth-order valence-electron chi connectivity index (χ4n) is 3.34. The highest BCUT2D eigenvalue weighted by Crippen LogP contribution is 2.20. The van der Waals surface area contributed by atoms with Crippen molar-refractivity contribution >= 4 is 17.2 Å². The van der Waals surface area contributed by atoms with Crippen molar-refractivity contribution in [3.8, 4) is 0 Å². The first-order valence-electron chi connectivity index (χ1n) is 9.29. The molecule has 1 N–H and O–H groups in total. The number of amides is 1. The summed E-state index contributed by atoms with van der Waals surface area (Å²) in [4.78, 5) is 19.3. The third kappa shape index (κ3) is 3.80. The van der Waals surface area contributed by atoms with Gasteiger partial charge in [-0.05, 0) is 49.2 Å². The summed E-state index contributed by atoms with van der Waals surface area (Å²) < 4.78 is 7.27. The lowest BCUT2D eigenvalue weighted by Crippen LogP contribution is -2.36. The number of hydrogen-bond acceptors (Lipinski definition) is 4. The molecule has 0 bridgehead atoms. The topological polar surface area (TPSA) is 58.9 Å². The number of aryl methyl sites for hydroxylation is 1. The second kappa shape index (κ2) is 7.40. The number of anilines is 1. The molecule has 1 unspecified atom stereocenters. The number of hydrogen-bond donors (Lipinski definition) is 1. The summed E-state index contributed by atoms with van der Waals surface area (Å²) in [7, 11) is 0. The molecule has 2 aromatic heterocycles. The third-order valence-electron chi connectivity index (χ3n) is 4.97. The van der Waals surface area contributed by atoms with Crippen LogP contribution in [0, 0.1) is 6.92 Å². The van der Waals surface area contributed by atoms with Crippen LogP contribution in [0.1, 0.15) is 34.6 Å². The number of morpholine rings is 1. The molecule has 1 saturated heterocycles. The SMILES string of the molecule is Cc1ccn2cc(C(=O)NC(C)c3ccc(N4CCOCC4)cc3)nc2c1. The highest BCUT2D eigenvalue weighted by molar-refractivity contribution is 5.93. The average Bonchev–Trinajstić information content (AvgIpc) is 3.12. The molecule has 1 atom stereocenters. The number of nitrogens with one attached hydrogen (secondary N) is 1. The van der Waals surface area contributed by atoms with Crippen LogP contribution in [0.25, 0.3) is 5.65 Å². The van der Waals surface area contributed by atoms with Gasteiger partial charge in [0.15, 0.2) is 0 Å². The van der Waals surface area contributed by atoms with E-state index in [1.807, 2.05) is 36.6 Å². The van der Waals surface area contributed by atoms with Gasteiger partial charge >= 0.3 is 0 Å². The number of carbonyl (C=O) groups is 1. The van der Waals surface area contributed by atoms with E-state index in [9.17, 15) is 4.79 Å². The Hall–Kier alpha value is -2.86. The minimum Gasteiger partial charge on any atom is -0.378 e. The molecule has 3 heterocycles. The first-order chi connectivity index (χ1) is 13.1. The molecule has 1 aliphatic rings. The zero-order valence-electron chi connectivity index (χ0n) is 15.7. The molecule has 1 amide bonds. The predicted molar refractivity (Wildman–Crippen MR) is 105 cm³/mol. The van der Waals surface area contributed by atoms with Crippen molar-refractivity contribution in [2.75, 3.05) is 31.2 Å². The van der Waals surface area contributed by atoms with Crippen LogP contribution < -0.4 is 10.2 Å². The van der Waals surface area contributed by atoms with E-state index in [0.717, 1.165) is 43.1 Å². The van der Waals surface area contributed by atoms with Gasteiger partial charge < -0.3 is 19.4 Å². The lowest BCUT2D eigenvalue weighted by atomic mass is 10.1. The van der Waals surface area contributed by atoms with Gasteiger partial charge in [0.05, 0.1) is 19.3 Å². The monoisotopic (exact) mass is 364 g/mol. The van der Waals surface area contributed by atoms with Crippen LogP contribution >= 0.6 is 0 Å². The Balaban J connectivity index is 1.44. The van der Waals surface area contributed by atoms with Gasteiger partial charge in [0.1, 0.15) is 11.3 Å². The first-order valence-corrected chi connectivity index (χ1v) is 9.29. The second-order valence-corrected chi connectivity index (χ2v) is 6.98. The van der Waals surface area contributed by atoms with E-state index in [-0.39, 0.29) is 11.9 Å². The quantitative estimate of drug-likeness (QED) is 0.773. The number of imidazole rings is 1. The molecule has 4 rings (SSSR count). The first kappa shape index (κ1) is 17.5. The molecule has 0 radical (unpaired) electrons. The second-order valence-electron chi connectivity index (χ2n) is 6.98. The van der Waals surface area contributed by atoms with E-state index in [1.165, 1.54) is 5.69 Å². The third-order valence-corrected chi connectivity index (χ3v) is 4.97. The molecular weight excluding hydrogens is 340 g/mol. The summed E-state index contributed by atoms with van der Waals surface area (Å²) in [5, 5.41) is 3.04. The minimum atomic E-state index is -0.166. The van der Waals surface area contributed by atoms with E-state index in [0.29, 0.717) is 5.69 Å². The molecule has 1 aliphatic heterocycles. The van der Waals surface area contributed by atoms with Gasteiger partial charge in [0, 0.05) is 31.2 Å². The molecule has 6 nitrogen and oxygen atoms in total. The van der Waals surface area contributed by atoms with Crippen LogP contribution in [0.4, 0.5) is 5.69 Å². The Kier molecular flexibility index (Phi) is 4.81. The molecule has 3 aromatic rings. The van der Waals surface area contributed by atoms with Gasteiger partial charge in [-0.15, -0.1) is 0 Å². The van der Waals surface area contributed by atoms with E-state index in [1.54, 1.807) is 6.20 Å². The Labute approximate surface area is 158 Å². The van der Waals surface area contributed by atoms with Gasteiger partial charge in [0.2, 0.25) is 0 Å². The van der Waals surface area contributed by atoms with Crippen LogP contribution in [-0.2, 0) is 4.74 Å². The summed E-state index contributed by atoms with van der Waals surface area (Å²) in [5.41, 5.74) is 4.59. The lowest BCUT2D eigenvalue weighted by Gasteiger charge is -2.29. The molecule has 140 valence electrons. The smallest absolute Gasteiger partial charge is 0.271 e. The summed E-state index contributed by atoms with van der Waals surface area (Å²) in [6.07, 6.45) is 3.68. The maximum atomic E-state index is 12.6. The summed E-state index contributed by atoms with van der Waals surface area (Å²) >= 11 is 0. The molecule has 1 fully saturated rings. The summed E-state index contributed by atoms with van der Waals surface area (Å²) in [6, 6.07) is 12.2. The molecular formula is C21H24N4O2. The average molecular weight is 364 g/mol. The Morgan fingerprint density at radius 1 is 1.19 bits per heavy atom. The molecule has 0 spiro atoms. The highest BCUT2D eigenvalue weighted by Gasteiger charge is 2.16. The lowest BCUT2D eigenvalue weighted by molar-refractivity contribution is 0.0935. The van der Waals surface area contributed by atoms with E-state index >= 15 is 0 Å². The van der Waals surface area contributed by atoms with Gasteiger partial charge in [-0.25, -0.2) is 4.98 Å². The van der Waals surface area contributed by atoms with Crippen LogP contribution in [0.2, 0.25) is 0 Å². The molecule has 27 heavy (non-hydrogen) atoms. The van der Waals surface area contributed by atoms with Gasteiger partial charge in [0.25, 0.3) is 5.91 Å². The van der Waals surface area contributed by atoms with E-state index in [4.69, 9.17) is 4.74 Å². The van der Waals surface area contributed by atoms with Gasteiger partial charge in [-0.3, -0.25) is 4.79 Å². The number of carbonyl (C=O) groups excluding carboxylic acids is 1. The number of fused-ring (bicyclic) bond motifs is 1. The Morgan fingerprint density at radius 3 is 2.67 bits per heavy atom. The van der Waals surface area contributed by atoms with Gasteiger partial charge in [-0.1, -0.05) is 12.1 Å². The molecule has 0 saturated carbocycles. The number of pyridine rings is 1. The van der Waals surface area contributed by atoms with E-state index < -0.39 is 0 Å². The van der Waals surface area contributed by atoms with Crippen molar-refractivity contribution in [1.29, 1.82) is 0 Å². The van der Waals surface area contributed by atoms with Crippen molar-refractivity contribution in [3.63, 3.8) is 0 Å². The Bertz CT molecular complexity index is 942. The summed E-state index contributed by atoms with van der Waals surface area (Å²) in [6.45, 7) is 7.37. The minimum absolute atomic E-state index is 0.0946. The van der Waals surface area contributed by atoms with Crippen LogP contribution in [0.5, 0.6) is 0 Å². The normalized spacial score (nSPS) is 15.7. The fourth-order valence-corrected chi connectivity index (χ4v) is 3.34. The van der Waals surface area contributed by atoms with Gasteiger partial charge in [-0.2, -0.15) is 0 Å². The maximum absolute atomic E-state index is 12.6.